The first kappa shape index (κ1) is 21.7. The Labute approximate surface area is 188 Å². The van der Waals surface area contributed by atoms with Gasteiger partial charge in [-0.25, -0.2) is 9.18 Å². The molecule has 0 saturated carbocycles. The molecular formula is C23H23BrFN3O3. The molecule has 162 valence electrons. The number of methoxy groups -OCH3 is 1. The van der Waals surface area contributed by atoms with E-state index in [9.17, 15) is 9.18 Å². The van der Waals surface area contributed by atoms with Crippen molar-refractivity contribution in [2.75, 3.05) is 40.0 Å². The van der Waals surface area contributed by atoms with Crippen molar-refractivity contribution in [3.63, 3.8) is 0 Å². The molecule has 2 aromatic rings. The van der Waals surface area contributed by atoms with E-state index in [1.165, 1.54) is 19.2 Å². The van der Waals surface area contributed by atoms with Gasteiger partial charge in [0, 0.05) is 35.4 Å². The van der Waals surface area contributed by atoms with Crippen LogP contribution < -0.4 is 5.32 Å². The van der Waals surface area contributed by atoms with Crippen molar-refractivity contribution in [3.05, 3.63) is 81.2 Å². The van der Waals surface area contributed by atoms with Gasteiger partial charge in [0.2, 0.25) is 0 Å². The van der Waals surface area contributed by atoms with Crippen molar-refractivity contribution in [2.45, 2.75) is 6.04 Å². The molecule has 1 N–H and O–H groups in total. The summed E-state index contributed by atoms with van der Waals surface area (Å²) >= 11 is 3.44. The van der Waals surface area contributed by atoms with Crippen LogP contribution in [0.15, 0.2) is 69.3 Å². The van der Waals surface area contributed by atoms with Gasteiger partial charge in [0.1, 0.15) is 17.7 Å². The lowest BCUT2D eigenvalue weighted by Crippen LogP contribution is -2.43. The number of ether oxygens (including phenoxy) is 2. The predicted octanol–water partition coefficient (Wildman–Crippen LogP) is 3.44. The van der Waals surface area contributed by atoms with Crippen molar-refractivity contribution in [2.24, 2.45) is 4.99 Å². The third-order valence-corrected chi connectivity index (χ3v) is 6.01. The minimum atomic E-state index is -0.644. The van der Waals surface area contributed by atoms with Crippen LogP contribution in [0.25, 0.3) is 0 Å². The Morgan fingerprint density at radius 2 is 2.00 bits per heavy atom. The molecule has 0 spiro atoms. The topological polar surface area (TPSA) is 63.2 Å². The van der Waals surface area contributed by atoms with Crippen LogP contribution in [0.5, 0.6) is 0 Å². The highest BCUT2D eigenvalue weighted by atomic mass is 79.9. The fourth-order valence-electron chi connectivity index (χ4n) is 3.74. The van der Waals surface area contributed by atoms with Crippen molar-refractivity contribution in [1.82, 2.24) is 10.2 Å². The SMILES string of the molecule is COC(=O)C1=C(CN2CCOCC2)NC(c2ccccc2)=NC1c1ccc(F)cc1Br. The van der Waals surface area contributed by atoms with E-state index in [0.29, 0.717) is 41.2 Å². The Bertz CT molecular complexity index is 1020. The summed E-state index contributed by atoms with van der Waals surface area (Å²) < 4.78 is 24.9. The highest BCUT2D eigenvalue weighted by Gasteiger charge is 2.34. The molecule has 6 nitrogen and oxygen atoms in total. The lowest BCUT2D eigenvalue weighted by atomic mass is 9.94. The molecule has 31 heavy (non-hydrogen) atoms. The van der Waals surface area contributed by atoms with E-state index in [4.69, 9.17) is 14.5 Å². The van der Waals surface area contributed by atoms with Crippen molar-refractivity contribution in [3.8, 4) is 0 Å². The number of morpholine rings is 1. The number of amidine groups is 1. The molecule has 0 bridgehead atoms. The van der Waals surface area contributed by atoms with Gasteiger partial charge in [-0.1, -0.05) is 52.3 Å². The third-order valence-electron chi connectivity index (χ3n) is 5.32. The second-order valence-corrected chi connectivity index (χ2v) is 8.16. The average Bonchev–Trinajstić information content (AvgIpc) is 2.79. The minimum Gasteiger partial charge on any atom is -0.466 e. The van der Waals surface area contributed by atoms with Crippen LogP contribution in [0.3, 0.4) is 0 Å². The molecule has 0 aromatic heterocycles. The van der Waals surface area contributed by atoms with Crippen LogP contribution in [-0.4, -0.2) is 56.7 Å². The number of hydrogen-bond donors (Lipinski definition) is 1. The first-order valence-corrected chi connectivity index (χ1v) is 10.8. The molecule has 1 atom stereocenters. The number of nitrogens with one attached hydrogen (secondary N) is 1. The van der Waals surface area contributed by atoms with Crippen LogP contribution in [-0.2, 0) is 14.3 Å². The van der Waals surface area contributed by atoms with Crippen LogP contribution >= 0.6 is 15.9 Å². The summed E-state index contributed by atoms with van der Waals surface area (Å²) in [6.45, 7) is 3.35. The molecule has 2 aliphatic rings. The molecular weight excluding hydrogens is 465 g/mol. The maximum absolute atomic E-state index is 13.8. The zero-order valence-electron chi connectivity index (χ0n) is 17.1. The number of halogens is 2. The van der Waals surface area contributed by atoms with E-state index in [1.54, 1.807) is 6.07 Å². The maximum atomic E-state index is 13.8. The molecule has 2 aliphatic heterocycles. The lowest BCUT2D eigenvalue weighted by Gasteiger charge is -2.32. The van der Waals surface area contributed by atoms with Gasteiger partial charge in [-0.15, -0.1) is 0 Å². The van der Waals surface area contributed by atoms with Gasteiger partial charge >= 0.3 is 5.97 Å². The van der Waals surface area contributed by atoms with Gasteiger partial charge in [0.05, 0.1) is 25.9 Å². The monoisotopic (exact) mass is 487 g/mol. The second kappa shape index (κ2) is 9.72. The Morgan fingerprint density at radius 3 is 2.68 bits per heavy atom. The largest absolute Gasteiger partial charge is 0.466 e. The van der Waals surface area contributed by atoms with Crippen molar-refractivity contribution < 1.29 is 18.7 Å². The van der Waals surface area contributed by atoms with E-state index in [-0.39, 0.29) is 5.82 Å². The molecule has 0 radical (unpaired) electrons. The molecule has 1 unspecified atom stereocenters. The number of nitrogens with zero attached hydrogens (tertiary/aromatic N) is 2. The Balaban J connectivity index is 1.82. The molecule has 2 aromatic carbocycles. The number of aliphatic imine (C=N–C) groups is 1. The molecule has 0 amide bonds. The van der Waals surface area contributed by atoms with Crippen LogP contribution in [0.2, 0.25) is 0 Å². The number of carbonyl (C=O) groups excluding carboxylic acids is 1. The Hall–Kier alpha value is -2.55. The number of benzene rings is 2. The number of carbonyl (C=O) groups is 1. The second-order valence-electron chi connectivity index (χ2n) is 7.31. The first-order valence-electron chi connectivity index (χ1n) is 10.0. The van der Waals surface area contributed by atoms with Crippen molar-refractivity contribution in [1.29, 1.82) is 0 Å². The highest BCUT2D eigenvalue weighted by molar-refractivity contribution is 9.10. The van der Waals surface area contributed by atoms with E-state index >= 15 is 0 Å². The number of hydrogen-bond acceptors (Lipinski definition) is 6. The van der Waals surface area contributed by atoms with Gasteiger partial charge in [-0.3, -0.25) is 9.89 Å². The van der Waals surface area contributed by atoms with E-state index < -0.39 is 12.0 Å². The highest BCUT2D eigenvalue weighted by Crippen LogP contribution is 2.36. The fourth-order valence-corrected chi connectivity index (χ4v) is 4.31. The summed E-state index contributed by atoms with van der Waals surface area (Å²) in [5.41, 5.74) is 2.73. The van der Waals surface area contributed by atoms with Gasteiger partial charge in [0.25, 0.3) is 0 Å². The first-order chi connectivity index (χ1) is 15.1. The van der Waals surface area contributed by atoms with Gasteiger partial charge in [-0.05, 0) is 17.7 Å². The Morgan fingerprint density at radius 1 is 1.26 bits per heavy atom. The molecule has 1 fully saturated rings. The van der Waals surface area contributed by atoms with Gasteiger partial charge in [0.15, 0.2) is 0 Å². The molecule has 0 aliphatic carbocycles. The standard InChI is InChI=1S/C23H23BrFN3O3/c1-30-23(29)20-19(14-28-9-11-31-12-10-28)26-22(15-5-3-2-4-6-15)27-21(20)17-8-7-16(25)13-18(17)24/h2-8,13,21H,9-12,14H2,1H3,(H,26,27). The molecule has 8 heteroatoms. The number of rotatable bonds is 5. The van der Waals surface area contributed by atoms with E-state index in [1.807, 2.05) is 30.3 Å². The smallest absolute Gasteiger partial charge is 0.338 e. The van der Waals surface area contributed by atoms with Crippen LogP contribution in [0.4, 0.5) is 4.39 Å². The van der Waals surface area contributed by atoms with E-state index in [2.05, 4.69) is 26.1 Å². The summed E-state index contributed by atoms with van der Waals surface area (Å²) in [4.78, 5) is 20.0. The zero-order chi connectivity index (χ0) is 21.8. The van der Waals surface area contributed by atoms with Crippen LogP contribution in [0, 0.1) is 5.82 Å². The van der Waals surface area contributed by atoms with Crippen molar-refractivity contribution >= 4 is 27.7 Å². The summed E-state index contributed by atoms with van der Waals surface area (Å²) in [7, 11) is 1.36. The molecule has 1 saturated heterocycles. The molecule has 2 heterocycles. The summed E-state index contributed by atoms with van der Waals surface area (Å²) in [6, 6.07) is 13.5. The third kappa shape index (κ3) is 4.87. The number of esters is 1. The lowest BCUT2D eigenvalue weighted by molar-refractivity contribution is -0.136. The maximum Gasteiger partial charge on any atom is 0.338 e. The quantitative estimate of drug-likeness (QED) is 0.654. The Kier molecular flexibility index (Phi) is 6.80. The summed E-state index contributed by atoms with van der Waals surface area (Å²) in [6.07, 6.45) is 0. The summed E-state index contributed by atoms with van der Waals surface area (Å²) in [5.74, 6) is -0.181. The fraction of sp³-hybridized carbons (Fsp3) is 0.304. The van der Waals surface area contributed by atoms with Crippen LogP contribution in [0.1, 0.15) is 17.2 Å². The minimum absolute atomic E-state index is 0.367. The van der Waals surface area contributed by atoms with E-state index in [0.717, 1.165) is 24.4 Å². The van der Waals surface area contributed by atoms with Gasteiger partial charge < -0.3 is 14.8 Å². The van der Waals surface area contributed by atoms with Gasteiger partial charge in [-0.2, -0.15) is 0 Å². The predicted molar refractivity (Wildman–Crippen MR) is 119 cm³/mol. The molecule has 4 rings (SSSR count). The average molecular weight is 488 g/mol. The summed E-state index contributed by atoms with van der Waals surface area (Å²) in [5, 5.41) is 3.37. The zero-order valence-corrected chi connectivity index (χ0v) is 18.7. The normalized spacial score (nSPS) is 19.6.